The quantitative estimate of drug-likeness (QED) is 0.0824. The molecular formula is C54H74ClN11O8S. The van der Waals surface area contributed by atoms with Crippen LogP contribution < -0.4 is 39.5 Å². The first-order chi connectivity index (χ1) is 35.8. The van der Waals surface area contributed by atoms with Crippen molar-refractivity contribution in [2.45, 2.75) is 96.7 Å². The fourth-order valence-electron chi connectivity index (χ4n) is 10.5. The summed E-state index contributed by atoms with van der Waals surface area (Å²) in [4.78, 5) is 59.0. The monoisotopic (exact) mass is 1070 g/mol. The topological polar surface area (TPSA) is 194 Å². The number of imide groups is 1. The third-order valence-corrected chi connectivity index (χ3v) is 16.1. The van der Waals surface area contributed by atoms with E-state index < -0.39 is 15.6 Å². The van der Waals surface area contributed by atoms with Gasteiger partial charge in [-0.05, 0) is 101 Å². The number of rotatable bonds is 18. The number of benzene rings is 3. The van der Waals surface area contributed by atoms with E-state index in [1.807, 2.05) is 56.9 Å². The summed E-state index contributed by atoms with van der Waals surface area (Å²) in [5, 5.41) is 9.27. The Kier molecular flexibility index (Phi) is 17.5. The molecular weight excluding hydrogens is 998 g/mol. The van der Waals surface area contributed by atoms with Gasteiger partial charge in [-0.15, -0.1) is 0 Å². The maximum Gasteiger partial charge on any atom is 0.410 e. The highest BCUT2D eigenvalue weighted by Crippen LogP contribution is 2.39. The zero-order valence-corrected chi connectivity index (χ0v) is 46.2. The van der Waals surface area contributed by atoms with Crippen LogP contribution in [0.4, 0.5) is 45.0 Å². The van der Waals surface area contributed by atoms with Crippen molar-refractivity contribution in [1.29, 1.82) is 0 Å². The lowest BCUT2D eigenvalue weighted by molar-refractivity contribution is -0.134. The summed E-state index contributed by atoms with van der Waals surface area (Å²) in [5.41, 5.74) is 5.19. The van der Waals surface area contributed by atoms with Gasteiger partial charge in [0.2, 0.25) is 27.8 Å². The fraction of sp³-hybridized carbons (Fsp3) is 0.537. The van der Waals surface area contributed by atoms with Gasteiger partial charge in [-0.2, -0.15) is 4.98 Å². The summed E-state index contributed by atoms with van der Waals surface area (Å²) in [6.45, 7) is 18.8. The van der Waals surface area contributed by atoms with Crippen molar-refractivity contribution in [3.63, 3.8) is 0 Å². The Morgan fingerprint density at radius 2 is 1.63 bits per heavy atom. The molecule has 4 saturated heterocycles. The van der Waals surface area contributed by atoms with E-state index in [1.165, 1.54) is 25.9 Å². The number of carbonyl (C=O) groups excluding carboxylic acids is 3. The van der Waals surface area contributed by atoms with Gasteiger partial charge in [0.25, 0.3) is 0 Å². The minimum atomic E-state index is -3.60. The molecule has 1 aromatic heterocycles. The number of carbonyl (C=O) groups is 3. The van der Waals surface area contributed by atoms with Crippen LogP contribution >= 0.6 is 11.6 Å². The molecule has 0 radical (unpaired) electrons. The van der Waals surface area contributed by atoms with Crippen LogP contribution in [0.1, 0.15) is 83.8 Å². The minimum Gasteiger partial charge on any atom is -0.497 e. The average Bonchev–Trinajstić information content (AvgIpc) is 3.87. The number of nitrogens with zero attached hydrogens (tertiary/aromatic N) is 8. The van der Waals surface area contributed by atoms with Gasteiger partial charge in [0.15, 0.2) is 5.82 Å². The van der Waals surface area contributed by atoms with Crippen LogP contribution in [0.3, 0.4) is 0 Å². The van der Waals surface area contributed by atoms with Crippen molar-refractivity contribution in [2.24, 2.45) is 0 Å². The first-order valence-electron chi connectivity index (χ1n) is 26.2. The van der Waals surface area contributed by atoms with Crippen molar-refractivity contribution in [1.82, 2.24) is 30.0 Å². The van der Waals surface area contributed by atoms with Crippen molar-refractivity contribution in [2.75, 3.05) is 117 Å². The Morgan fingerprint density at radius 3 is 2.28 bits per heavy atom. The highest BCUT2D eigenvalue weighted by atomic mass is 35.5. The highest BCUT2D eigenvalue weighted by molar-refractivity contribution is 7.92. The second-order valence-electron chi connectivity index (χ2n) is 20.8. The SMILES string of the molecule is CCOc1cc(N2CCC(N3CCN(CCN(C(=O)OC(C)(C)C)[C@@H]4CCN(c5ccc(C6CCC(=O)NC6=O)cc5)C4)CC3)CC2)c(CC)cc1Nc1ncc(Cl)c(Nc2ccc(OC)cc2N(C)S(C)(=O)=O)n1. The molecule has 8 rings (SSSR count). The Labute approximate surface area is 447 Å². The summed E-state index contributed by atoms with van der Waals surface area (Å²) in [6, 6.07) is 17.8. The first-order valence-corrected chi connectivity index (χ1v) is 28.4. The van der Waals surface area contributed by atoms with Gasteiger partial charge in [0, 0.05) is 108 Å². The van der Waals surface area contributed by atoms with Crippen LogP contribution in [-0.4, -0.2) is 161 Å². The Morgan fingerprint density at radius 1 is 0.907 bits per heavy atom. The minimum absolute atomic E-state index is 0.000755. The van der Waals surface area contributed by atoms with E-state index in [9.17, 15) is 22.8 Å². The number of nitrogens with one attached hydrogen (secondary N) is 3. The molecule has 4 aliphatic heterocycles. The zero-order chi connectivity index (χ0) is 53.6. The second-order valence-corrected chi connectivity index (χ2v) is 23.2. The van der Waals surface area contributed by atoms with Crippen LogP contribution in [0.15, 0.2) is 60.8 Å². The average molecular weight is 1070 g/mol. The molecule has 0 spiro atoms. The molecule has 5 heterocycles. The van der Waals surface area contributed by atoms with Crippen LogP contribution in [0.5, 0.6) is 11.5 Å². The molecule has 4 aliphatic rings. The molecule has 1 unspecified atom stereocenters. The number of amides is 3. The number of aryl methyl sites for hydroxylation is 1. The van der Waals surface area contributed by atoms with Crippen LogP contribution in [0.2, 0.25) is 5.02 Å². The first kappa shape index (κ1) is 55.2. The van der Waals surface area contributed by atoms with Crippen molar-refractivity contribution in [3.05, 3.63) is 76.9 Å². The molecule has 0 aliphatic carbocycles. The lowest BCUT2D eigenvalue weighted by Crippen LogP contribution is -2.55. The number of hydrogen-bond acceptors (Lipinski definition) is 16. The molecule has 3 amide bonds. The Bertz CT molecular complexity index is 2780. The number of ether oxygens (including phenoxy) is 3. The van der Waals surface area contributed by atoms with Crippen LogP contribution in [-0.2, 0) is 30.8 Å². The second kappa shape index (κ2) is 23.8. The summed E-state index contributed by atoms with van der Waals surface area (Å²) in [5.74, 6) is 0.950. The van der Waals surface area contributed by atoms with Crippen molar-refractivity contribution >= 4 is 79.7 Å². The van der Waals surface area contributed by atoms with E-state index >= 15 is 0 Å². The van der Waals surface area contributed by atoms with Crippen LogP contribution in [0.25, 0.3) is 0 Å². The van der Waals surface area contributed by atoms with Gasteiger partial charge in [-0.1, -0.05) is 30.7 Å². The van der Waals surface area contributed by atoms with E-state index in [-0.39, 0.29) is 46.7 Å². The standard InChI is InChI=1S/C54H74ClN11O8S/c1-9-36-31-45(58-52-56-34-43(55)50(60-52)57-44-17-15-41(72-7)32-47(44)61(6)75(8,70)71)48(73-10-2)33-46(36)64-22-19-39(20-23-64)63-28-25-62(26-29-63)27-30-66(53(69)74-54(3,4)5)40-21-24-65(35-40)38-13-11-37(12-14-38)42-16-18-49(67)59-51(42)68/h11-15,17,31-34,39-40,42H,9-10,16,18-30,35H2,1-8H3,(H,59,67,68)(H2,56,57,58,60)/t40-,42?/m1/s1. The number of halogens is 1. The highest BCUT2D eigenvalue weighted by Gasteiger charge is 2.36. The van der Waals surface area contributed by atoms with Gasteiger partial charge in [-0.3, -0.25) is 29.0 Å². The van der Waals surface area contributed by atoms with Crippen LogP contribution in [0, 0.1) is 0 Å². The number of anilines is 7. The molecule has 21 heteroatoms. The van der Waals surface area contributed by atoms with E-state index in [1.54, 1.807) is 18.2 Å². The molecule has 4 aromatic rings. The maximum atomic E-state index is 13.8. The number of aromatic nitrogens is 2. The lowest BCUT2D eigenvalue weighted by Gasteiger charge is -2.44. The molecule has 19 nitrogen and oxygen atoms in total. The normalized spacial score (nSPS) is 19.2. The number of sulfonamides is 1. The van der Waals surface area contributed by atoms with Crippen molar-refractivity contribution < 1.29 is 37.0 Å². The molecule has 0 saturated carbocycles. The van der Waals surface area contributed by atoms with E-state index in [0.717, 1.165) is 111 Å². The number of piperidine rings is 2. The van der Waals surface area contributed by atoms with Gasteiger partial charge < -0.3 is 39.5 Å². The summed E-state index contributed by atoms with van der Waals surface area (Å²) < 4.78 is 43.8. The molecule has 75 heavy (non-hydrogen) atoms. The molecule has 0 bridgehead atoms. The van der Waals surface area contributed by atoms with Crippen molar-refractivity contribution in [3.8, 4) is 11.5 Å². The largest absolute Gasteiger partial charge is 0.497 e. The summed E-state index contributed by atoms with van der Waals surface area (Å²) in [7, 11) is -0.617. The third kappa shape index (κ3) is 13.7. The summed E-state index contributed by atoms with van der Waals surface area (Å²) in [6.07, 6.45) is 6.92. The molecule has 4 fully saturated rings. The van der Waals surface area contributed by atoms with E-state index in [4.69, 9.17) is 30.8 Å². The smallest absolute Gasteiger partial charge is 0.410 e. The predicted octanol–water partition coefficient (Wildman–Crippen LogP) is 7.61. The number of methoxy groups -OCH3 is 1. The summed E-state index contributed by atoms with van der Waals surface area (Å²) >= 11 is 6.61. The van der Waals surface area contributed by atoms with E-state index in [0.29, 0.717) is 61.5 Å². The molecule has 3 N–H and O–H groups in total. The predicted molar refractivity (Wildman–Crippen MR) is 295 cm³/mol. The fourth-order valence-corrected chi connectivity index (χ4v) is 11.1. The van der Waals surface area contributed by atoms with E-state index in [2.05, 4.69) is 59.6 Å². The Balaban J connectivity index is 0.856. The molecule has 3 aromatic carbocycles. The van der Waals surface area contributed by atoms with Gasteiger partial charge in [-0.25, -0.2) is 18.2 Å². The zero-order valence-electron chi connectivity index (χ0n) is 44.7. The van der Waals surface area contributed by atoms with Gasteiger partial charge >= 0.3 is 6.09 Å². The number of piperazine rings is 1. The third-order valence-electron chi connectivity index (χ3n) is 14.7. The lowest BCUT2D eigenvalue weighted by atomic mass is 9.90. The maximum absolute atomic E-state index is 13.8. The van der Waals surface area contributed by atoms with Gasteiger partial charge in [0.1, 0.15) is 22.1 Å². The molecule has 2 atom stereocenters. The van der Waals surface area contributed by atoms with Gasteiger partial charge in [0.05, 0.1) is 55.2 Å². The Hall–Kier alpha value is -6.09. The number of hydrogen-bond donors (Lipinski definition) is 3. The molecule has 406 valence electrons.